The Bertz CT molecular complexity index is 927. The van der Waals surface area contributed by atoms with Crippen molar-refractivity contribution in [3.8, 4) is 0 Å². The van der Waals surface area contributed by atoms with E-state index in [1.165, 1.54) is 6.07 Å². The van der Waals surface area contributed by atoms with Crippen molar-refractivity contribution in [2.75, 3.05) is 5.32 Å². The summed E-state index contributed by atoms with van der Waals surface area (Å²) in [7, 11) is 0. The summed E-state index contributed by atoms with van der Waals surface area (Å²) in [5.74, 6) is 0.0855. The third-order valence-corrected chi connectivity index (χ3v) is 4.67. The number of halogens is 2. The van der Waals surface area contributed by atoms with Crippen LogP contribution in [-0.2, 0) is 6.54 Å². The lowest BCUT2D eigenvalue weighted by Gasteiger charge is -2.37. The molecule has 0 spiro atoms. The normalized spacial score (nSPS) is 16.5. The summed E-state index contributed by atoms with van der Waals surface area (Å²) < 4.78 is 20.6. The molecule has 0 bridgehead atoms. The molecule has 2 heterocycles. The lowest BCUT2D eigenvalue weighted by atomic mass is 10.0. The number of nitrogens with zero attached hydrogens (tertiary/aromatic N) is 1. The maximum Gasteiger partial charge on any atom is 0.258 e. The monoisotopic (exact) mass is 400 g/mol. The van der Waals surface area contributed by atoms with Gasteiger partial charge in [0.25, 0.3) is 5.91 Å². The average Bonchev–Trinajstić information content (AvgIpc) is 3.13. The zero-order chi connectivity index (χ0) is 17.4. The standard InChI is InChI=1S/C19H14BrFN2O2/c20-12-7-8-16(21)15(10-12)18-22-17-6-2-1-5-14(17)19(24)23(18)11-13-4-3-9-25-13/h1-10,18,22H,11H2/t18-/m1/s1. The predicted octanol–water partition coefficient (Wildman–Crippen LogP) is 4.95. The number of benzene rings is 2. The van der Waals surface area contributed by atoms with Gasteiger partial charge in [-0.15, -0.1) is 0 Å². The van der Waals surface area contributed by atoms with Crippen LogP contribution in [-0.4, -0.2) is 10.8 Å². The number of carbonyl (C=O) groups is 1. The zero-order valence-corrected chi connectivity index (χ0v) is 14.7. The van der Waals surface area contributed by atoms with Gasteiger partial charge in [0.1, 0.15) is 17.7 Å². The molecule has 0 fully saturated rings. The summed E-state index contributed by atoms with van der Waals surface area (Å²) in [6.45, 7) is 0.240. The van der Waals surface area contributed by atoms with Crippen LogP contribution in [0.15, 0.2) is 69.8 Å². The minimum absolute atomic E-state index is 0.171. The highest BCUT2D eigenvalue weighted by molar-refractivity contribution is 9.10. The maximum absolute atomic E-state index is 14.5. The minimum atomic E-state index is -0.634. The summed E-state index contributed by atoms with van der Waals surface area (Å²) in [6.07, 6.45) is 0.921. The number of hydrogen-bond donors (Lipinski definition) is 1. The second-order valence-electron chi connectivity index (χ2n) is 5.77. The molecule has 1 aliphatic heterocycles. The fourth-order valence-electron chi connectivity index (χ4n) is 3.00. The van der Waals surface area contributed by atoms with Crippen LogP contribution in [0.2, 0.25) is 0 Å². The van der Waals surface area contributed by atoms with E-state index in [0.717, 1.165) is 4.47 Å². The first-order valence-electron chi connectivity index (χ1n) is 7.77. The van der Waals surface area contributed by atoms with Crippen LogP contribution in [0.3, 0.4) is 0 Å². The maximum atomic E-state index is 14.5. The lowest BCUT2D eigenvalue weighted by molar-refractivity contribution is 0.0648. The fourth-order valence-corrected chi connectivity index (χ4v) is 3.37. The Labute approximate surface area is 152 Å². The molecule has 4 rings (SSSR count). The number of furan rings is 1. The summed E-state index contributed by atoms with van der Waals surface area (Å²) >= 11 is 3.37. The molecule has 1 atom stereocenters. The Balaban J connectivity index is 1.81. The van der Waals surface area contributed by atoms with Gasteiger partial charge in [0.15, 0.2) is 0 Å². The van der Waals surface area contributed by atoms with E-state index in [-0.39, 0.29) is 18.3 Å². The summed E-state index contributed by atoms with van der Waals surface area (Å²) in [4.78, 5) is 14.6. The number of carbonyl (C=O) groups excluding carboxylic acids is 1. The molecule has 1 amide bonds. The Morgan fingerprint density at radius 3 is 2.80 bits per heavy atom. The highest BCUT2D eigenvalue weighted by Gasteiger charge is 2.34. The van der Waals surface area contributed by atoms with E-state index < -0.39 is 6.17 Å². The lowest BCUT2D eigenvalue weighted by Crippen LogP contribution is -2.42. The number of amides is 1. The molecule has 0 unspecified atom stereocenters. The third-order valence-electron chi connectivity index (χ3n) is 4.18. The SMILES string of the molecule is O=C1c2ccccc2N[C@@H](c2cc(Br)ccc2F)N1Cc1ccco1. The fraction of sp³-hybridized carbons (Fsp3) is 0.105. The van der Waals surface area contributed by atoms with Gasteiger partial charge >= 0.3 is 0 Å². The second kappa shape index (κ2) is 6.37. The number of para-hydroxylation sites is 1. The van der Waals surface area contributed by atoms with Crippen LogP contribution < -0.4 is 5.32 Å². The van der Waals surface area contributed by atoms with Crippen molar-refractivity contribution in [3.63, 3.8) is 0 Å². The predicted molar refractivity (Wildman–Crippen MR) is 95.5 cm³/mol. The van der Waals surface area contributed by atoms with Gasteiger partial charge in [-0.1, -0.05) is 28.1 Å². The second-order valence-corrected chi connectivity index (χ2v) is 6.69. The van der Waals surface area contributed by atoms with Crippen molar-refractivity contribution in [1.82, 2.24) is 4.90 Å². The summed E-state index contributed by atoms with van der Waals surface area (Å²) in [5.41, 5.74) is 1.64. The molecule has 4 nitrogen and oxygen atoms in total. The van der Waals surface area contributed by atoms with Gasteiger partial charge in [-0.3, -0.25) is 4.79 Å². The van der Waals surface area contributed by atoms with E-state index in [4.69, 9.17) is 4.42 Å². The van der Waals surface area contributed by atoms with Gasteiger partial charge in [0, 0.05) is 15.7 Å². The number of fused-ring (bicyclic) bond motifs is 1. The van der Waals surface area contributed by atoms with Crippen LogP contribution in [0.25, 0.3) is 0 Å². The Morgan fingerprint density at radius 1 is 1.16 bits per heavy atom. The molecule has 0 saturated carbocycles. The Kier molecular flexibility index (Phi) is 4.05. The van der Waals surface area contributed by atoms with Crippen LogP contribution in [0.4, 0.5) is 10.1 Å². The average molecular weight is 401 g/mol. The molecule has 0 aliphatic carbocycles. The molecule has 1 aromatic heterocycles. The van der Waals surface area contributed by atoms with E-state index in [1.807, 2.05) is 18.2 Å². The van der Waals surface area contributed by atoms with E-state index >= 15 is 0 Å². The Hall–Kier alpha value is -2.60. The van der Waals surface area contributed by atoms with Crippen molar-refractivity contribution >= 4 is 27.5 Å². The van der Waals surface area contributed by atoms with E-state index in [2.05, 4.69) is 21.2 Å². The first-order chi connectivity index (χ1) is 12.1. The van der Waals surface area contributed by atoms with Crippen LogP contribution in [0, 0.1) is 5.82 Å². The van der Waals surface area contributed by atoms with Gasteiger partial charge in [0.2, 0.25) is 0 Å². The van der Waals surface area contributed by atoms with Crippen LogP contribution >= 0.6 is 15.9 Å². The largest absolute Gasteiger partial charge is 0.467 e. The van der Waals surface area contributed by atoms with Gasteiger partial charge in [-0.25, -0.2) is 4.39 Å². The number of nitrogens with one attached hydrogen (secondary N) is 1. The van der Waals surface area contributed by atoms with Crippen molar-refractivity contribution in [1.29, 1.82) is 0 Å². The molecular formula is C19H14BrFN2O2. The molecule has 2 aromatic carbocycles. The molecule has 3 aromatic rings. The van der Waals surface area contributed by atoms with Crippen LogP contribution in [0.1, 0.15) is 27.8 Å². The van der Waals surface area contributed by atoms with Gasteiger partial charge < -0.3 is 14.6 Å². The van der Waals surface area contributed by atoms with Crippen LogP contribution in [0.5, 0.6) is 0 Å². The smallest absolute Gasteiger partial charge is 0.258 e. The molecule has 0 radical (unpaired) electrons. The minimum Gasteiger partial charge on any atom is -0.467 e. The molecular weight excluding hydrogens is 387 g/mol. The first kappa shape index (κ1) is 15.9. The number of hydrogen-bond acceptors (Lipinski definition) is 3. The Morgan fingerprint density at radius 2 is 2.00 bits per heavy atom. The molecule has 6 heteroatoms. The van der Waals surface area contributed by atoms with Gasteiger partial charge in [-0.2, -0.15) is 0 Å². The molecule has 1 aliphatic rings. The van der Waals surface area contributed by atoms with Gasteiger partial charge in [0.05, 0.1) is 18.4 Å². The molecule has 1 N–H and O–H groups in total. The summed E-state index contributed by atoms with van der Waals surface area (Å²) in [6, 6.07) is 15.5. The first-order valence-corrected chi connectivity index (χ1v) is 8.56. The van der Waals surface area contributed by atoms with Crippen molar-refractivity contribution in [2.45, 2.75) is 12.7 Å². The zero-order valence-electron chi connectivity index (χ0n) is 13.1. The molecule has 126 valence electrons. The van der Waals surface area contributed by atoms with Crippen molar-refractivity contribution in [2.24, 2.45) is 0 Å². The number of rotatable bonds is 3. The topological polar surface area (TPSA) is 45.5 Å². The van der Waals surface area contributed by atoms with Crippen molar-refractivity contribution < 1.29 is 13.6 Å². The highest BCUT2D eigenvalue weighted by atomic mass is 79.9. The quantitative estimate of drug-likeness (QED) is 0.676. The van der Waals surface area contributed by atoms with Gasteiger partial charge in [-0.05, 0) is 42.5 Å². The van der Waals surface area contributed by atoms with E-state index in [1.54, 1.807) is 41.5 Å². The summed E-state index contributed by atoms with van der Waals surface area (Å²) in [5, 5.41) is 3.28. The third kappa shape index (κ3) is 2.93. The van der Waals surface area contributed by atoms with E-state index in [0.29, 0.717) is 22.6 Å². The highest BCUT2D eigenvalue weighted by Crippen LogP contribution is 2.36. The molecule has 0 saturated heterocycles. The molecule has 25 heavy (non-hydrogen) atoms. The number of anilines is 1. The van der Waals surface area contributed by atoms with E-state index in [9.17, 15) is 9.18 Å². The van der Waals surface area contributed by atoms with Crippen molar-refractivity contribution in [3.05, 3.63) is 88.0 Å².